The Morgan fingerprint density at radius 2 is 1.12 bits per heavy atom. The lowest BCUT2D eigenvalue weighted by Gasteiger charge is -2.08. The first-order valence-electron chi connectivity index (χ1n) is 13.3. The highest BCUT2D eigenvalue weighted by Crippen LogP contribution is 2.32. The lowest BCUT2D eigenvalue weighted by atomic mass is 10.0. The third-order valence-electron chi connectivity index (χ3n) is 7.01. The lowest BCUT2D eigenvalue weighted by molar-refractivity contribution is -0.137. The van der Waals surface area contributed by atoms with Gasteiger partial charge in [-0.05, 0) is 54.3 Å². The highest BCUT2D eigenvalue weighted by Gasteiger charge is 2.30. The SMILES string of the molecule is [C-]#[N+]c1cccc(-n2cc(-c3ccccc3)c(CCc3nn(-c4cccc(C(F)(F)F)c4)cc3-c3ccccc3)n2)c1. The van der Waals surface area contributed by atoms with E-state index in [1.54, 1.807) is 29.1 Å². The molecule has 0 bridgehead atoms. The molecule has 0 aliphatic rings. The molecule has 0 radical (unpaired) electrons. The van der Waals surface area contributed by atoms with E-state index in [4.69, 9.17) is 16.8 Å². The highest BCUT2D eigenvalue weighted by atomic mass is 19.4. The third kappa shape index (κ3) is 5.58. The summed E-state index contributed by atoms with van der Waals surface area (Å²) in [5.74, 6) is 0. The van der Waals surface area contributed by atoms with Crippen LogP contribution in [0.3, 0.4) is 0 Å². The number of alkyl halides is 3. The second-order valence-corrected chi connectivity index (χ2v) is 9.78. The van der Waals surface area contributed by atoms with Gasteiger partial charge in [0.1, 0.15) is 0 Å². The van der Waals surface area contributed by atoms with Gasteiger partial charge >= 0.3 is 6.18 Å². The van der Waals surface area contributed by atoms with Crippen molar-refractivity contribution < 1.29 is 13.2 Å². The second-order valence-electron chi connectivity index (χ2n) is 9.78. The third-order valence-corrected chi connectivity index (χ3v) is 7.01. The number of rotatable bonds is 7. The van der Waals surface area contributed by atoms with Gasteiger partial charge in [-0.1, -0.05) is 78.9 Å². The molecule has 42 heavy (non-hydrogen) atoms. The molecule has 0 aliphatic carbocycles. The summed E-state index contributed by atoms with van der Waals surface area (Å²) >= 11 is 0. The Morgan fingerprint density at radius 3 is 1.62 bits per heavy atom. The Hall–Kier alpha value is -5.42. The average molecular weight is 560 g/mol. The second kappa shape index (κ2) is 11.2. The van der Waals surface area contributed by atoms with E-state index in [9.17, 15) is 13.2 Å². The number of halogens is 3. The molecular formula is C34H24F3N5. The minimum absolute atomic E-state index is 0.335. The molecule has 0 amide bonds. The van der Waals surface area contributed by atoms with E-state index in [2.05, 4.69) is 4.85 Å². The van der Waals surface area contributed by atoms with Gasteiger partial charge in [-0.3, -0.25) is 0 Å². The summed E-state index contributed by atoms with van der Waals surface area (Å²) in [7, 11) is 0. The molecule has 8 heteroatoms. The molecule has 6 aromatic rings. The monoisotopic (exact) mass is 559 g/mol. The number of hydrogen-bond acceptors (Lipinski definition) is 2. The summed E-state index contributed by atoms with van der Waals surface area (Å²) in [4.78, 5) is 3.54. The van der Waals surface area contributed by atoms with Gasteiger partial charge < -0.3 is 0 Å². The average Bonchev–Trinajstić information content (AvgIpc) is 3.66. The number of aryl methyl sites for hydroxylation is 2. The van der Waals surface area contributed by atoms with Crippen molar-refractivity contribution in [2.45, 2.75) is 19.0 Å². The predicted molar refractivity (Wildman–Crippen MR) is 157 cm³/mol. The lowest BCUT2D eigenvalue weighted by Crippen LogP contribution is -2.06. The fraction of sp³-hybridized carbons (Fsp3) is 0.0882. The summed E-state index contributed by atoms with van der Waals surface area (Å²) in [6, 6.07) is 32.1. The molecule has 0 spiro atoms. The smallest absolute Gasteiger partial charge is 0.241 e. The fourth-order valence-electron chi connectivity index (χ4n) is 4.94. The molecule has 2 aromatic heterocycles. The van der Waals surface area contributed by atoms with Crippen molar-refractivity contribution in [2.75, 3.05) is 0 Å². The first-order valence-corrected chi connectivity index (χ1v) is 13.3. The molecule has 0 N–H and O–H groups in total. The maximum absolute atomic E-state index is 13.4. The minimum atomic E-state index is -4.45. The van der Waals surface area contributed by atoms with Crippen molar-refractivity contribution in [3.8, 4) is 33.6 Å². The summed E-state index contributed by atoms with van der Waals surface area (Å²) in [5.41, 5.74) is 6.27. The Kier molecular flexibility index (Phi) is 7.16. The van der Waals surface area contributed by atoms with Crippen LogP contribution in [0.25, 0.3) is 38.5 Å². The van der Waals surface area contributed by atoms with Crippen LogP contribution in [0.5, 0.6) is 0 Å². The van der Waals surface area contributed by atoms with Gasteiger partial charge in [0.05, 0.1) is 34.9 Å². The molecule has 0 saturated heterocycles. The van der Waals surface area contributed by atoms with E-state index in [-0.39, 0.29) is 0 Å². The molecule has 5 nitrogen and oxygen atoms in total. The number of benzene rings is 4. The van der Waals surface area contributed by atoms with Crippen molar-refractivity contribution in [1.29, 1.82) is 0 Å². The Labute approximate surface area is 240 Å². The zero-order chi connectivity index (χ0) is 29.1. The fourth-order valence-corrected chi connectivity index (χ4v) is 4.94. The Balaban J connectivity index is 1.39. The summed E-state index contributed by atoms with van der Waals surface area (Å²) in [6.45, 7) is 7.37. The van der Waals surface area contributed by atoms with Crippen LogP contribution in [0.4, 0.5) is 18.9 Å². The van der Waals surface area contributed by atoms with Gasteiger partial charge in [0.15, 0.2) is 5.69 Å². The van der Waals surface area contributed by atoms with Crippen LogP contribution >= 0.6 is 0 Å². The molecule has 206 valence electrons. The molecule has 0 fully saturated rings. The summed E-state index contributed by atoms with van der Waals surface area (Å²) in [5, 5.41) is 9.67. The van der Waals surface area contributed by atoms with Crippen LogP contribution in [-0.2, 0) is 19.0 Å². The summed E-state index contributed by atoms with van der Waals surface area (Å²) < 4.78 is 43.6. The topological polar surface area (TPSA) is 40.0 Å². The van der Waals surface area contributed by atoms with Crippen molar-refractivity contribution in [1.82, 2.24) is 19.6 Å². The predicted octanol–water partition coefficient (Wildman–Crippen LogP) is 8.75. The molecule has 0 aliphatic heterocycles. The van der Waals surface area contributed by atoms with Crippen LogP contribution < -0.4 is 0 Å². The molecule has 4 aromatic carbocycles. The van der Waals surface area contributed by atoms with E-state index in [1.807, 2.05) is 79.0 Å². The maximum Gasteiger partial charge on any atom is 0.416 e. The first kappa shape index (κ1) is 26.8. The largest absolute Gasteiger partial charge is 0.416 e. The van der Waals surface area contributed by atoms with Crippen LogP contribution in [0, 0.1) is 6.57 Å². The number of aromatic nitrogens is 4. The van der Waals surface area contributed by atoms with E-state index < -0.39 is 11.7 Å². The van der Waals surface area contributed by atoms with Gasteiger partial charge in [-0.25, -0.2) is 14.2 Å². The maximum atomic E-state index is 13.4. The van der Waals surface area contributed by atoms with E-state index in [1.165, 1.54) is 10.7 Å². The van der Waals surface area contributed by atoms with Crippen LogP contribution in [-0.4, -0.2) is 19.6 Å². The first-order chi connectivity index (χ1) is 20.4. The van der Waals surface area contributed by atoms with Gasteiger partial charge in [0.25, 0.3) is 0 Å². The minimum Gasteiger partial charge on any atom is -0.241 e. The normalized spacial score (nSPS) is 11.4. The van der Waals surface area contributed by atoms with Gasteiger partial charge in [0, 0.05) is 23.5 Å². The Morgan fingerprint density at radius 1 is 0.619 bits per heavy atom. The van der Waals surface area contributed by atoms with Crippen molar-refractivity contribution in [2.24, 2.45) is 0 Å². The van der Waals surface area contributed by atoms with Crippen molar-refractivity contribution >= 4 is 5.69 Å². The van der Waals surface area contributed by atoms with E-state index in [0.29, 0.717) is 24.2 Å². The van der Waals surface area contributed by atoms with Crippen molar-refractivity contribution in [3.05, 3.63) is 150 Å². The molecule has 0 saturated carbocycles. The molecular weight excluding hydrogens is 535 g/mol. The van der Waals surface area contributed by atoms with Gasteiger partial charge in [0.2, 0.25) is 0 Å². The standard InChI is InChI=1S/C34H24F3N5/c1-38-27-15-9-17-29(21-27)42-23-31(25-12-6-3-7-13-25)33(40-42)19-18-32-30(24-10-4-2-5-11-24)22-41(39-32)28-16-8-14-26(20-28)34(35,36)37/h2-17,20-23H,18-19H2. The van der Waals surface area contributed by atoms with E-state index >= 15 is 0 Å². The Bertz CT molecular complexity index is 1880. The quantitative estimate of drug-likeness (QED) is 0.184. The summed E-state index contributed by atoms with van der Waals surface area (Å²) in [6.07, 6.45) is 0.350. The molecule has 0 atom stereocenters. The number of hydrogen-bond donors (Lipinski definition) is 0. The van der Waals surface area contributed by atoms with Gasteiger partial charge in [-0.2, -0.15) is 23.4 Å². The molecule has 0 unspecified atom stereocenters. The van der Waals surface area contributed by atoms with Gasteiger partial charge in [-0.15, -0.1) is 0 Å². The molecule has 6 rings (SSSR count). The highest BCUT2D eigenvalue weighted by molar-refractivity contribution is 5.68. The van der Waals surface area contributed by atoms with Crippen molar-refractivity contribution in [3.63, 3.8) is 0 Å². The van der Waals surface area contributed by atoms with Crippen LogP contribution in [0.15, 0.2) is 122 Å². The number of nitrogens with zero attached hydrogens (tertiary/aromatic N) is 5. The van der Waals surface area contributed by atoms with Crippen LogP contribution in [0.1, 0.15) is 17.0 Å². The zero-order valence-corrected chi connectivity index (χ0v) is 22.3. The molecule has 2 heterocycles. The zero-order valence-electron chi connectivity index (χ0n) is 22.3. The van der Waals surface area contributed by atoms with Crippen LogP contribution in [0.2, 0.25) is 0 Å². The van der Waals surface area contributed by atoms with E-state index in [0.717, 1.165) is 51.5 Å².